The zero-order chi connectivity index (χ0) is 24.1. The summed E-state index contributed by atoms with van der Waals surface area (Å²) in [4.78, 5) is 30.6. The number of hydrogen-bond acceptors (Lipinski definition) is 8. The van der Waals surface area contributed by atoms with E-state index in [1.54, 1.807) is 21.0 Å². The van der Waals surface area contributed by atoms with Crippen molar-refractivity contribution < 1.29 is 34.1 Å². The Labute approximate surface area is 186 Å². The van der Waals surface area contributed by atoms with Crippen molar-refractivity contribution in [3.8, 4) is 0 Å². The zero-order valence-electron chi connectivity index (χ0n) is 20.5. The fraction of sp³-hybridized carbons (Fsp3) is 0.870. The van der Waals surface area contributed by atoms with Gasteiger partial charge in [-0.1, -0.05) is 32.9 Å². The minimum atomic E-state index is -1.76. The number of hydrogen-bond donors (Lipinski definition) is 2. The van der Waals surface area contributed by atoms with Gasteiger partial charge < -0.3 is 24.5 Å². The van der Waals surface area contributed by atoms with Gasteiger partial charge in [0, 0.05) is 25.4 Å². The summed E-state index contributed by atoms with van der Waals surface area (Å²) in [6.45, 7) is 12.2. The van der Waals surface area contributed by atoms with Crippen LogP contribution in [0.1, 0.15) is 67.7 Å². The molecule has 0 aromatic carbocycles. The molecule has 8 nitrogen and oxygen atoms in total. The van der Waals surface area contributed by atoms with Gasteiger partial charge in [0.1, 0.15) is 30.5 Å². The largest absolute Gasteiger partial charge is 0.459 e. The highest BCUT2D eigenvalue weighted by atomic mass is 16.6. The van der Waals surface area contributed by atoms with Crippen molar-refractivity contribution in [2.75, 3.05) is 14.2 Å². The van der Waals surface area contributed by atoms with E-state index >= 15 is 0 Å². The molecule has 1 aliphatic heterocycles. The second-order valence-corrected chi connectivity index (χ2v) is 9.41. The molecule has 31 heavy (non-hydrogen) atoms. The van der Waals surface area contributed by atoms with Crippen LogP contribution in [0, 0.1) is 23.7 Å². The van der Waals surface area contributed by atoms with Gasteiger partial charge in [0.2, 0.25) is 0 Å². The lowest BCUT2D eigenvalue weighted by atomic mass is 9.74. The van der Waals surface area contributed by atoms with Crippen molar-refractivity contribution in [2.24, 2.45) is 28.8 Å². The molecule has 1 fully saturated rings. The Balaban J connectivity index is 3.53. The van der Waals surface area contributed by atoms with Crippen molar-refractivity contribution in [1.29, 1.82) is 0 Å². The highest BCUT2D eigenvalue weighted by molar-refractivity contribution is 5.98. The van der Waals surface area contributed by atoms with Gasteiger partial charge in [-0.25, -0.2) is 0 Å². The Hall–Kier alpha value is -1.51. The van der Waals surface area contributed by atoms with Crippen LogP contribution in [0.15, 0.2) is 5.16 Å². The highest BCUT2D eigenvalue weighted by Crippen LogP contribution is 2.36. The van der Waals surface area contributed by atoms with E-state index in [0.29, 0.717) is 12.1 Å². The summed E-state index contributed by atoms with van der Waals surface area (Å²) in [6.07, 6.45) is -1.35. The summed E-state index contributed by atoms with van der Waals surface area (Å²) in [5.41, 5.74) is -1.89. The number of Topliss-reactive ketones (excluding diaryl/α,β-unsaturated/α-hetero) is 1. The molecule has 0 saturated carbocycles. The van der Waals surface area contributed by atoms with Gasteiger partial charge in [0.05, 0.1) is 17.4 Å². The molecule has 0 aromatic heterocycles. The fourth-order valence-electron chi connectivity index (χ4n) is 4.47. The third-order valence-electron chi connectivity index (χ3n) is 7.09. The average Bonchev–Trinajstić information content (AvgIpc) is 2.72. The predicted molar refractivity (Wildman–Crippen MR) is 118 cm³/mol. The van der Waals surface area contributed by atoms with Crippen molar-refractivity contribution in [3.63, 3.8) is 0 Å². The molecule has 0 bridgehead atoms. The summed E-state index contributed by atoms with van der Waals surface area (Å²) >= 11 is 0. The summed E-state index contributed by atoms with van der Waals surface area (Å²) in [7, 11) is 3.02. The van der Waals surface area contributed by atoms with Gasteiger partial charge in [-0.2, -0.15) is 0 Å². The quantitative estimate of drug-likeness (QED) is 0.391. The number of aliphatic hydroxyl groups is 2. The van der Waals surface area contributed by atoms with Gasteiger partial charge in [-0.15, -0.1) is 0 Å². The van der Waals surface area contributed by atoms with Gasteiger partial charge in [-0.3, -0.25) is 9.59 Å². The van der Waals surface area contributed by atoms with Crippen molar-refractivity contribution in [1.82, 2.24) is 0 Å². The minimum absolute atomic E-state index is 0.148. The van der Waals surface area contributed by atoms with Crippen molar-refractivity contribution >= 4 is 17.5 Å². The number of methoxy groups -OCH3 is 1. The van der Waals surface area contributed by atoms with Crippen LogP contribution in [0.25, 0.3) is 0 Å². The summed E-state index contributed by atoms with van der Waals surface area (Å²) in [5.74, 6) is -2.88. The molecule has 1 rings (SSSR count). The predicted octanol–water partition coefficient (Wildman–Crippen LogP) is 2.73. The van der Waals surface area contributed by atoms with Gasteiger partial charge in [0.15, 0.2) is 0 Å². The molecule has 0 spiro atoms. The number of rotatable bonds is 3. The van der Waals surface area contributed by atoms with Crippen LogP contribution in [0.2, 0.25) is 0 Å². The van der Waals surface area contributed by atoms with Gasteiger partial charge in [0.25, 0.3) is 0 Å². The van der Waals surface area contributed by atoms with E-state index in [0.717, 1.165) is 0 Å². The van der Waals surface area contributed by atoms with Crippen LogP contribution in [0.5, 0.6) is 0 Å². The number of nitrogens with zero attached hydrogens (tertiary/aromatic N) is 1. The normalized spacial score (nSPS) is 42.7. The number of esters is 1. The number of cyclic esters (lactones) is 1. The SMILES string of the molecule is CC[C@H]1OC(=O)C(C)C(=O)C[C@@H](C)[C@](C)(OC)C[C@@H](C)/C(=N\OC)C(C)C(O)[C@]1(C)O. The van der Waals surface area contributed by atoms with Crippen LogP contribution in [0.4, 0.5) is 0 Å². The zero-order valence-corrected chi connectivity index (χ0v) is 20.5. The number of ketones is 1. The highest BCUT2D eigenvalue weighted by Gasteiger charge is 2.47. The fourth-order valence-corrected chi connectivity index (χ4v) is 4.47. The van der Waals surface area contributed by atoms with Crippen LogP contribution >= 0.6 is 0 Å². The number of carbonyl (C=O) groups excluding carboxylic acids is 2. The second-order valence-electron chi connectivity index (χ2n) is 9.41. The van der Waals surface area contributed by atoms with Crippen LogP contribution in [-0.2, 0) is 23.9 Å². The molecule has 0 aliphatic carbocycles. The van der Waals surface area contributed by atoms with Crippen LogP contribution in [-0.4, -0.2) is 65.3 Å². The lowest BCUT2D eigenvalue weighted by Crippen LogP contribution is -2.56. The van der Waals surface area contributed by atoms with E-state index < -0.39 is 41.2 Å². The minimum Gasteiger partial charge on any atom is -0.459 e. The Morgan fingerprint density at radius 2 is 1.74 bits per heavy atom. The molecule has 0 radical (unpaired) electrons. The third kappa shape index (κ3) is 6.05. The maximum absolute atomic E-state index is 12.8. The maximum Gasteiger partial charge on any atom is 0.316 e. The molecular weight excluding hydrogens is 402 g/mol. The number of oxime groups is 1. The molecule has 1 heterocycles. The first-order chi connectivity index (χ1) is 14.3. The standard InChI is InChI=1S/C23H41NO7/c1-10-18-23(7,28)20(26)16(5)19(24-30-9)13(2)12-22(6,29-8)14(3)11-17(25)15(4)21(27)31-18/h13-16,18,20,26,28H,10-12H2,1-9H3/b24-19+/t13-,14-,15?,16?,18-,20?,22-,23-/m1/s1. The Morgan fingerprint density at radius 3 is 2.23 bits per heavy atom. The molecule has 8 atom stereocenters. The van der Waals surface area contributed by atoms with Gasteiger partial charge in [-0.05, 0) is 39.5 Å². The van der Waals surface area contributed by atoms with E-state index in [1.165, 1.54) is 21.0 Å². The van der Waals surface area contributed by atoms with Crippen LogP contribution in [0.3, 0.4) is 0 Å². The summed E-state index contributed by atoms with van der Waals surface area (Å²) < 4.78 is 11.3. The lowest BCUT2D eigenvalue weighted by Gasteiger charge is -2.41. The van der Waals surface area contributed by atoms with Gasteiger partial charge >= 0.3 is 5.97 Å². The Kier molecular flexibility index (Phi) is 9.66. The first-order valence-electron chi connectivity index (χ1n) is 11.1. The van der Waals surface area contributed by atoms with E-state index in [9.17, 15) is 19.8 Å². The molecule has 1 saturated heterocycles. The first kappa shape index (κ1) is 27.5. The molecule has 3 unspecified atom stereocenters. The van der Waals surface area contributed by atoms with E-state index in [-0.39, 0.29) is 30.5 Å². The average molecular weight is 444 g/mol. The number of carbonyl (C=O) groups is 2. The third-order valence-corrected chi connectivity index (χ3v) is 7.09. The summed E-state index contributed by atoms with van der Waals surface area (Å²) in [5, 5.41) is 26.4. The Bertz CT molecular complexity index is 662. The molecular formula is C23H41NO7. The van der Waals surface area contributed by atoms with E-state index in [4.69, 9.17) is 14.3 Å². The second kappa shape index (κ2) is 10.9. The maximum atomic E-state index is 12.8. The molecule has 0 amide bonds. The van der Waals surface area contributed by atoms with Crippen molar-refractivity contribution in [2.45, 2.75) is 91.1 Å². The molecule has 1 aliphatic rings. The molecule has 2 N–H and O–H groups in total. The topological polar surface area (TPSA) is 115 Å². The smallest absolute Gasteiger partial charge is 0.316 e. The molecule has 0 aromatic rings. The number of ether oxygens (including phenoxy) is 2. The van der Waals surface area contributed by atoms with E-state index in [1.807, 2.05) is 20.8 Å². The number of aliphatic hydroxyl groups excluding tert-OH is 1. The molecule has 180 valence electrons. The van der Waals surface area contributed by atoms with Crippen molar-refractivity contribution in [3.05, 3.63) is 0 Å². The van der Waals surface area contributed by atoms with Crippen LogP contribution < -0.4 is 0 Å². The molecule has 8 heteroatoms. The first-order valence-corrected chi connectivity index (χ1v) is 11.1. The lowest BCUT2D eigenvalue weighted by molar-refractivity contribution is -0.186. The summed E-state index contributed by atoms with van der Waals surface area (Å²) in [6, 6.07) is 0. The Morgan fingerprint density at radius 1 is 1.16 bits per heavy atom. The van der Waals surface area contributed by atoms with E-state index in [2.05, 4.69) is 5.16 Å². The monoisotopic (exact) mass is 443 g/mol.